The van der Waals surface area contributed by atoms with E-state index in [1.165, 1.54) is 24.3 Å². The second-order valence-corrected chi connectivity index (χ2v) is 3.58. The number of furan rings is 1. The summed E-state index contributed by atoms with van der Waals surface area (Å²) in [6.07, 6.45) is 0. The summed E-state index contributed by atoms with van der Waals surface area (Å²) in [5, 5.41) is 0. The van der Waals surface area contributed by atoms with E-state index in [2.05, 4.69) is 0 Å². The maximum absolute atomic E-state index is 13.3. The van der Waals surface area contributed by atoms with Gasteiger partial charge in [0, 0.05) is 0 Å². The molecule has 0 aliphatic heterocycles. The van der Waals surface area contributed by atoms with Crippen molar-refractivity contribution in [3.63, 3.8) is 0 Å². The number of carbonyl (C=O) groups excluding carboxylic acids is 1. The highest BCUT2D eigenvalue weighted by Gasteiger charge is 2.12. The van der Waals surface area contributed by atoms with Crippen LogP contribution in [0.3, 0.4) is 0 Å². The number of nitrogens with one attached hydrogen (secondary N) is 1. The van der Waals surface area contributed by atoms with Gasteiger partial charge in [-0.15, -0.1) is 0 Å². The van der Waals surface area contributed by atoms with Gasteiger partial charge in [0.15, 0.2) is 17.3 Å². The minimum Gasteiger partial charge on any atom is -0.482 e. The van der Waals surface area contributed by atoms with Gasteiger partial charge in [0.25, 0.3) is 0 Å². The molecule has 1 aromatic carbocycles. The molecule has 1 aromatic heterocycles. The first-order valence-electron chi connectivity index (χ1n) is 5.28. The third-order valence-electron chi connectivity index (χ3n) is 2.30. The number of hydrazine groups is 1. The van der Waals surface area contributed by atoms with Crippen LogP contribution in [0.25, 0.3) is 0 Å². The standard InChI is InChI=1S/C12H10F2N2O3/c13-8-2-1-3-9(11(8)14)18-6-7-4-5-10(19-7)12(17)16-15/h1-5H,6,15H2,(H,16,17). The smallest absolute Gasteiger partial charge is 0.300 e. The maximum atomic E-state index is 13.3. The van der Waals surface area contributed by atoms with Crippen LogP contribution in [0.15, 0.2) is 34.7 Å². The lowest BCUT2D eigenvalue weighted by Gasteiger charge is -2.05. The Morgan fingerprint density at radius 3 is 2.84 bits per heavy atom. The van der Waals surface area contributed by atoms with E-state index in [-0.39, 0.29) is 23.9 Å². The largest absolute Gasteiger partial charge is 0.482 e. The van der Waals surface area contributed by atoms with Gasteiger partial charge in [-0.2, -0.15) is 4.39 Å². The lowest BCUT2D eigenvalue weighted by atomic mass is 10.3. The van der Waals surface area contributed by atoms with Gasteiger partial charge < -0.3 is 9.15 Å². The van der Waals surface area contributed by atoms with E-state index in [4.69, 9.17) is 15.0 Å². The first kappa shape index (κ1) is 13.0. The normalized spacial score (nSPS) is 10.3. The fraction of sp³-hybridized carbons (Fsp3) is 0.0833. The summed E-state index contributed by atoms with van der Waals surface area (Å²) in [6.45, 7) is -0.141. The minimum absolute atomic E-state index is 0.000754. The molecular weight excluding hydrogens is 258 g/mol. The number of carbonyl (C=O) groups is 1. The molecule has 0 unspecified atom stereocenters. The zero-order valence-electron chi connectivity index (χ0n) is 9.65. The van der Waals surface area contributed by atoms with Gasteiger partial charge in [-0.05, 0) is 24.3 Å². The molecule has 0 spiro atoms. The average Bonchev–Trinajstić information content (AvgIpc) is 2.88. The van der Waals surface area contributed by atoms with E-state index in [0.29, 0.717) is 0 Å². The molecule has 3 N–H and O–H groups in total. The Morgan fingerprint density at radius 1 is 1.32 bits per heavy atom. The predicted molar refractivity (Wildman–Crippen MR) is 61.1 cm³/mol. The molecule has 1 heterocycles. The second-order valence-electron chi connectivity index (χ2n) is 3.58. The first-order chi connectivity index (χ1) is 9.11. The molecule has 5 nitrogen and oxygen atoms in total. The molecule has 2 aromatic rings. The zero-order chi connectivity index (χ0) is 13.8. The fourth-order valence-corrected chi connectivity index (χ4v) is 1.39. The summed E-state index contributed by atoms with van der Waals surface area (Å²) >= 11 is 0. The molecule has 7 heteroatoms. The van der Waals surface area contributed by atoms with E-state index in [0.717, 1.165) is 6.07 Å². The number of rotatable bonds is 4. The van der Waals surface area contributed by atoms with E-state index >= 15 is 0 Å². The Labute approximate surface area is 106 Å². The molecule has 0 bridgehead atoms. The Bertz CT molecular complexity index is 598. The van der Waals surface area contributed by atoms with Crippen LogP contribution >= 0.6 is 0 Å². The Balaban J connectivity index is 2.04. The Hall–Kier alpha value is -2.41. The highest BCUT2D eigenvalue weighted by atomic mass is 19.2. The van der Waals surface area contributed by atoms with Crippen LogP contribution in [-0.2, 0) is 6.61 Å². The predicted octanol–water partition coefficient (Wildman–Crippen LogP) is 1.74. The molecule has 0 fully saturated rings. The molecule has 0 radical (unpaired) electrons. The van der Waals surface area contributed by atoms with Crippen molar-refractivity contribution in [1.82, 2.24) is 5.43 Å². The Kier molecular flexibility index (Phi) is 3.76. The number of benzene rings is 1. The molecule has 0 aliphatic rings. The lowest BCUT2D eigenvalue weighted by molar-refractivity contribution is 0.0921. The maximum Gasteiger partial charge on any atom is 0.300 e. The van der Waals surface area contributed by atoms with E-state index in [9.17, 15) is 13.6 Å². The molecule has 1 amide bonds. The summed E-state index contributed by atoms with van der Waals surface area (Å²) < 4.78 is 36.4. The van der Waals surface area contributed by atoms with Crippen molar-refractivity contribution >= 4 is 5.91 Å². The van der Waals surface area contributed by atoms with Crippen molar-refractivity contribution in [3.05, 3.63) is 53.5 Å². The highest BCUT2D eigenvalue weighted by molar-refractivity contribution is 5.90. The summed E-state index contributed by atoms with van der Waals surface area (Å²) in [6, 6.07) is 6.46. The van der Waals surface area contributed by atoms with Gasteiger partial charge in [-0.3, -0.25) is 10.2 Å². The lowest BCUT2D eigenvalue weighted by Crippen LogP contribution is -2.29. The van der Waals surface area contributed by atoms with Crippen LogP contribution in [0.2, 0.25) is 0 Å². The van der Waals surface area contributed by atoms with Crippen molar-refractivity contribution in [2.75, 3.05) is 0 Å². The number of nitrogens with two attached hydrogens (primary N) is 1. The topological polar surface area (TPSA) is 77.5 Å². The van der Waals surface area contributed by atoms with Gasteiger partial charge in [0.1, 0.15) is 12.4 Å². The minimum atomic E-state index is -1.08. The van der Waals surface area contributed by atoms with Crippen LogP contribution in [0.1, 0.15) is 16.3 Å². The molecule has 0 atom stereocenters. The molecule has 0 aliphatic carbocycles. The third-order valence-corrected chi connectivity index (χ3v) is 2.30. The summed E-state index contributed by atoms with van der Waals surface area (Å²) in [5.41, 5.74) is 1.90. The van der Waals surface area contributed by atoms with Crippen LogP contribution in [0.4, 0.5) is 8.78 Å². The van der Waals surface area contributed by atoms with Crippen molar-refractivity contribution in [1.29, 1.82) is 0 Å². The van der Waals surface area contributed by atoms with Gasteiger partial charge in [-0.1, -0.05) is 6.07 Å². The van der Waals surface area contributed by atoms with Crippen LogP contribution in [0, 0.1) is 11.6 Å². The quantitative estimate of drug-likeness (QED) is 0.503. The molecule has 2 rings (SSSR count). The van der Waals surface area contributed by atoms with Crippen molar-refractivity contribution in [2.24, 2.45) is 5.84 Å². The van der Waals surface area contributed by atoms with Crippen LogP contribution < -0.4 is 16.0 Å². The van der Waals surface area contributed by atoms with E-state index in [1.54, 1.807) is 0 Å². The zero-order valence-corrected chi connectivity index (χ0v) is 9.65. The van der Waals surface area contributed by atoms with E-state index in [1.807, 2.05) is 5.43 Å². The average molecular weight is 268 g/mol. The number of nitrogen functional groups attached to an aromatic ring is 1. The Morgan fingerprint density at radius 2 is 2.11 bits per heavy atom. The van der Waals surface area contributed by atoms with E-state index < -0.39 is 17.5 Å². The van der Waals surface area contributed by atoms with Crippen molar-refractivity contribution in [2.45, 2.75) is 6.61 Å². The molecule has 19 heavy (non-hydrogen) atoms. The second kappa shape index (κ2) is 5.49. The number of hydrogen-bond acceptors (Lipinski definition) is 4. The molecule has 100 valence electrons. The number of ether oxygens (including phenoxy) is 1. The molecule has 0 saturated heterocycles. The van der Waals surface area contributed by atoms with Gasteiger partial charge in [0.05, 0.1) is 0 Å². The molecule has 0 saturated carbocycles. The summed E-state index contributed by atoms with van der Waals surface area (Å²) in [7, 11) is 0. The van der Waals surface area contributed by atoms with Crippen LogP contribution in [-0.4, -0.2) is 5.91 Å². The van der Waals surface area contributed by atoms with Crippen LogP contribution in [0.5, 0.6) is 5.75 Å². The molecular formula is C12H10F2N2O3. The fourth-order valence-electron chi connectivity index (χ4n) is 1.39. The van der Waals surface area contributed by atoms with Crippen molar-refractivity contribution in [3.8, 4) is 5.75 Å². The number of hydrogen-bond donors (Lipinski definition) is 2. The van der Waals surface area contributed by atoms with Gasteiger partial charge in [-0.25, -0.2) is 10.2 Å². The van der Waals surface area contributed by atoms with Gasteiger partial charge >= 0.3 is 5.91 Å². The first-order valence-corrected chi connectivity index (χ1v) is 5.28. The number of amides is 1. The highest BCUT2D eigenvalue weighted by Crippen LogP contribution is 2.20. The van der Waals surface area contributed by atoms with Crippen molar-refractivity contribution < 1.29 is 22.7 Å². The number of halogens is 2. The summed E-state index contributed by atoms with van der Waals surface area (Å²) in [5.74, 6) is 2.31. The third kappa shape index (κ3) is 2.89. The SMILES string of the molecule is NNC(=O)c1ccc(COc2cccc(F)c2F)o1. The monoisotopic (exact) mass is 268 g/mol. The summed E-state index contributed by atoms with van der Waals surface area (Å²) in [4.78, 5) is 11.1. The van der Waals surface area contributed by atoms with Gasteiger partial charge in [0.2, 0.25) is 5.82 Å².